The van der Waals surface area contributed by atoms with Crippen LogP contribution in [0.5, 0.6) is 0 Å². The van der Waals surface area contributed by atoms with Crippen molar-refractivity contribution in [2.24, 2.45) is 0 Å². The smallest absolute Gasteiger partial charge is 0.338 e. The number of hydrogen-bond donors (Lipinski definition) is 1. The molecule has 0 fully saturated rings. The zero-order valence-corrected chi connectivity index (χ0v) is 10.6. The number of anilines is 1. The Balaban J connectivity index is 2.89. The van der Waals surface area contributed by atoms with Gasteiger partial charge in [0.05, 0.1) is 19.3 Å². The van der Waals surface area contributed by atoms with Crippen LogP contribution in [0.2, 0.25) is 0 Å². The molecule has 0 aliphatic carbocycles. The summed E-state index contributed by atoms with van der Waals surface area (Å²) in [6, 6.07) is 4.98. The molecule has 0 spiro atoms. The van der Waals surface area contributed by atoms with Crippen molar-refractivity contribution in [3.05, 3.63) is 29.3 Å². The van der Waals surface area contributed by atoms with Crippen LogP contribution in [-0.4, -0.2) is 25.7 Å². The van der Waals surface area contributed by atoms with Gasteiger partial charge < -0.3 is 15.2 Å². The zero-order valence-electron chi connectivity index (χ0n) is 10.6. The minimum atomic E-state index is -0.426. The second-order valence-electron chi connectivity index (χ2n) is 3.71. The van der Waals surface area contributed by atoms with E-state index in [-0.39, 0.29) is 12.4 Å². The van der Waals surface area contributed by atoms with E-state index < -0.39 is 5.97 Å². The number of aryl methyl sites for hydroxylation is 1. The fourth-order valence-corrected chi connectivity index (χ4v) is 1.55. The van der Waals surface area contributed by atoms with Crippen LogP contribution in [-0.2, 0) is 20.7 Å². The van der Waals surface area contributed by atoms with Crippen LogP contribution in [0.3, 0.4) is 0 Å². The summed E-state index contributed by atoms with van der Waals surface area (Å²) in [5.74, 6) is -0.744. The first-order chi connectivity index (χ1) is 8.58. The van der Waals surface area contributed by atoms with Crippen LogP contribution in [0.1, 0.15) is 29.3 Å². The molecule has 1 aromatic carbocycles. The van der Waals surface area contributed by atoms with Crippen LogP contribution in [0.15, 0.2) is 18.2 Å². The summed E-state index contributed by atoms with van der Waals surface area (Å²) in [5.41, 5.74) is 7.26. The second-order valence-corrected chi connectivity index (χ2v) is 3.71. The third-order valence-electron chi connectivity index (χ3n) is 2.46. The molecule has 0 bridgehead atoms. The molecular formula is C13H17NO4. The molecule has 1 rings (SSSR count). The van der Waals surface area contributed by atoms with E-state index in [0.29, 0.717) is 24.3 Å². The largest absolute Gasteiger partial charge is 0.469 e. The van der Waals surface area contributed by atoms with Gasteiger partial charge in [0, 0.05) is 12.1 Å². The second kappa shape index (κ2) is 6.64. The fourth-order valence-electron chi connectivity index (χ4n) is 1.55. The summed E-state index contributed by atoms with van der Waals surface area (Å²) in [6.45, 7) is 2.03. The summed E-state index contributed by atoms with van der Waals surface area (Å²) < 4.78 is 9.51. The number of benzene rings is 1. The van der Waals surface area contributed by atoms with Gasteiger partial charge in [-0.15, -0.1) is 0 Å². The highest BCUT2D eigenvalue weighted by molar-refractivity contribution is 5.92. The highest BCUT2D eigenvalue weighted by atomic mass is 16.5. The molecule has 0 aliphatic rings. The van der Waals surface area contributed by atoms with Gasteiger partial charge in [0.15, 0.2) is 0 Å². The van der Waals surface area contributed by atoms with E-state index in [0.717, 1.165) is 5.56 Å². The van der Waals surface area contributed by atoms with E-state index >= 15 is 0 Å². The number of nitrogens with two attached hydrogens (primary N) is 1. The minimum absolute atomic E-state index is 0.215. The predicted molar refractivity (Wildman–Crippen MR) is 67.1 cm³/mol. The standard InChI is InChI=1S/C13H17NO4/c1-3-18-13(16)11-8-10(14)6-4-9(11)5-7-12(15)17-2/h4,6,8H,3,5,7,14H2,1-2H3. The quantitative estimate of drug-likeness (QED) is 0.634. The lowest BCUT2D eigenvalue weighted by atomic mass is 10.0. The Morgan fingerprint density at radius 3 is 2.67 bits per heavy atom. The summed E-state index contributed by atoms with van der Waals surface area (Å²) >= 11 is 0. The van der Waals surface area contributed by atoms with Crippen molar-refractivity contribution in [1.29, 1.82) is 0 Å². The van der Waals surface area contributed by atoms with Gasteiger partial charge in [-0.25, -0.2) is 4.79 Å². The van der Waals surface area contributed by atoms with Crippen molar-refractivity contribution < 1.29 is 19.1 Å². The number of carbonyl (C=O) groups is 2. The van der Waals surface area contributed by atoms with E-state index in [4.69, 9.17) is 10.5 Å². The number of ether oxygens (including phenoxy) is 2. The summed E-state index contributed by atoms with van der Waals surface area (Å²) in [6.07, 6.45) is 0.633. The maximum Gasteiger partial charge on any atom is 0.338 e. The molecule has 0 unspecified atom stereocenters. The molecule has 5 nitrogen and oxygen atoms in total. The van der Waals surface area contributed by atoms with Crippen LogP contribution in [0.4, 0.5) is 5.69 Å². The Morgan fingerprint density at radius 1 is 1.33 bits per heavy atom. The van der Waals surface area contributed by atoms with Gasteiger partial charge in [0.1, 0.15) is 0 Å². The first kappa shape index (κ1) is 14.0. The Labute approximate surface area is 106 Å². The lowest BCUT2D eigenvalue weighted by Crippen LogP contribution is -2.10. The van der Waals surface area contributed by atoms with Crippen molar-refractivity contribution in [1.82, 2.24) is 0 Å². The summed E-state index contributed by atoms with van der Waals surface area (Å²) in [4.78, 5) is 22.8. The number of carbonyl (C=O) groups excluding carboxylic acids is 2. The summed E-state index contributed by atoms with van der Waals surface area (Å²) in [5, 5.41) is 0. The molecule has 0 amide bonds. The molecule has 0 heterocycles. The van der Waals surface area contributed by atoms with E-state index in [2.05, 4.69) is 4.74 Å². The maximum absolute atomic E-state index is 11.7. The normalized spacial score (nSPS) is 9.89. The number of rotatable bonds is 5. The van der Waals surface area contributed by atoms with E-state index in [1.54, 1.807) is 25.1 Å². The third kappa shape index (κ3) is 3.76. The number of nitrogen functional groups attached to an aromatic ring is 1. The molecule has 0 atom stereocenters. The minimum Gasteiger partial charge on any atom is -0.469 e. The van der Waals surface area contributed by atoms with Crippen LogP contribution in [0, 0.1) is 0 Å². The van der Waals surface area contributed by atoms with Gasteiger partial charge in [-0.05, 0) is 31.0 Å². The molecule has 0 saturated heterocycles. The van der Waals surface area contributed by atoms with Gasteiger partial charge >= 0.3 is 11.9 Å². The topological polar surface area (TPSA) is 78.6 Å². The predicted octanol–water partition coefficient (Wildman–Crippen LogP) is 1.55. The highest BCUT2D eigenvalue weighted by Crippen LogP contribution is 2.17. The molecular weight excluding hydrogens is 234 g/mol. The molecule has 0 aliphatic heterocycles. The Hall–Kier alpha value is -2.04. The van der Waals surface area contributed by atoms with E-state index in [9.17, 15) is 9.59 Å². The van der Waals surface area contributed by atoms with Crippen molar-refractivity contribution in [3.8, 4) is 0 Å². The van der Waals surface area contributed by atoms with Crippen molar-refractivity contribution in [3.63, 3.8) is 0 Å². The lowest BCUT2D eigenvalue weighted by molar-refractivity contribution is -0.140. The molecule has 0 aromatic heterocycles. The zero-order chi connectivity index (χ0) is 13.5. The summed E-state index contributed by atoms with van der Waals surface area (Å²) in [7, 11) is 1.33. The average Bonchev–Trinajstić information content (AvgIpc) is 2.37. The molecule has 0 saturated carbocycles. The molecule has 2 N–H and O–H groups in total. The third-order valence-corrected chi connectivity index (χ3v) is 2.46. The number of methoxy groups -OCH3 is 1. The molecule has 18 heavy (non-hydrogen) atoms. The first-order valence-electron chi connectivity index (χ1n) is 5.70. The van der Waals surface area contributed by atoms with Crippen molar-refractivity contribution >= 4 is 17.6 Å². The number of hydrogen-bond acceptors (Lipinski definition) is 5. The molecule has 5 heteroatoms. The molecule has 98 valence electrons. The van der Waals surface area contributed by atoms with Gasteiger partial charge in [0.25, 0.3) is 0 Å². The SMILES string of the molecule is CCOC(=O)c1cc(N)ccc1CCC(=O)OC. The fraction of sp³-hybridized carbons (Fsp3) is 0.385. The van der Waals surface area contributed by atoms with Gasteiger partial charge in [-0.1, -0.05) is 6.07 Å². The van der Waals surface area contributed by atoms with Gasteiger partial charge in [-0.2, -0.15) is 0 Å². The highest BCUT2D eigenvalue weighted by Gasteiger charge is 2.14. The van der Waals surface area contributed by atoms with Crippen LogP contribution < -0.4 is 5.73 Å². The number of esters is 2. The van der Waals surface area contributed by atoms with Gasteiger partial charge in [0.2, 0.25) is 0 Å². The van der Waals surface area contributed by atoms with E-state index in [1.807, 2.05) is 0 Å². The van der Waals surface area contributed by atoms with Gasteiger partial charge in [-0.3, -0.25) is 4.79 Å². The average molecular weight is 251 g/mol. The lowest BCUT2D eigenvalue weighted by Gasteiger charge is -2.09. The Morgan fingerprint density at radius 2 is 2.06 bits per heavy atom. The first-order valence-corrected chi connectivity index (χ1v) is 5.70. The molecule has 1 aromatic rings. The van der Waals surface area contributed by atoms with E-state index in [1.165, 1.54) is 7.11 Å². The Bertz CT molecular complexity index is 443. The van der Waals surface area contributed by atoms with Crippen molar-refractivity contribution in [2.75, 3.05) is 19.5 Å². The van der Waals surface area contributed by atoms with Crippen LogP contribution >= 0.6 is 0 Å². The molecule has 0 radical (unpaired) electrons. The maximum atomic E-state index is 11.7. The van der Waals surface area contributed by atoms with Crippen molar-refractivity contribution in [2.45, 2.75) is 19.8 Å². The monoisotopic (exact) mass is 251 g/mol. The van der Waals surface area contributed by atoms with Crippen LogP contribution in [0.25, 0.3) is 0 Å². The Kier molecular flexibility index (Phi) is 5.17.